The van der Waals surface area contributed by atoms with Gasteiger partial charge in [-0.2, -0.15) is 0 Å². The van der Waals surface area contributed by atoms with Gasteiger partial charge in [-0.25, -0.2) is 9.78 Å². The van der Waals surface area contributed by atoms with Crippen molar-refractivity contribution in [3.05, 3.63) is 38.7 Å². The van der Waals surface area contributed by atoms with Gasteiger partial charge < -0.3 is 43.9 Å². The van der Waals surface area contributed by atoms with Gasteiger partial charge in [0.2, 0.25) is 0 Å². The van der Waals surface area contributed by atoms with Gasteiger partial charge >= 0.3 is 5.97 Å². The molecule has 0 fully saturated rings. The van der Waals surface area contributed by atoms with Crippen molar-refractivity contribution < 1.29 is 37.9 Å². The summed E-state index contributed by atoms with van der Waals surface area (Å²) in [7, 11) is 12.2. The summed E-state index contributed by atoms with van der Waals surface area (Å²) < 4.78 is 18.4. The zero-order valence-corrected chi connectivity index (χ0v) is 24.1. The van der Waals surface area contributed by atoms with Crippen molar-refractivity contribution >= 4 is 34.1 Å². The number of carbonyl (C=O) groups is 1. The van der Waals surface area contributed by atoms with Crippen molar-refractivity contribution in [2.24, 2.45) is 0 Å². The Morgan fingerprint density at radius 2 is 1.46 bits per heavy atom. The number of benzene rings is 2. The first-order valence-corrected chi connectivity index (χ1v) is 12.8. The first-order chi connectivity index (χ1) is 18.0. The SMILES string of the molecule is Cc1c(=N)cc(C(=O)OCCC[N+](C)(C)C)c2nc3/c(=C(\[O-])OCCC[N+](C)(C)C)c(=N)c([O-])c(C)c3oc12. The van der Waals surface area contributed by atoms with Gasteiger partial charge in [0.15, 0.2) is 11.2 Å². The van der Waals surface area contributed by atoms with Crippen molar-refractivity contribution in [1.29, 1.82) is 10.8 Å². The number of esters is 1. The minimum absolute atomic E-state index is 0.00847. The number of nitrogens with one attached hydrogen (secondary N) is 2. The van der Waals surface area contributed by atoms with E-state index in [0.29, 0.717) is 22.9 Å². The largest absolute Gasteiger partial charge is 0.871 e. The first kappa shape index (κ1) is 29.9. The molecule has 0 bridgehead atoms. The van der Waals surface area contributed by atoms with Crippen LogP contribution in [-0.2, 0) is 9.47 Å². The molecule has 1 heterocycles. The van der Waals surface area contributed by atoms with Crippen LogP contribution < -0.4 is 26.1 Å². The van der Waals surface area contributed by atoms with Crippen LogP contribution >= 0.6 is 0 Å². The summed E-state index contributed by atoms with van der Waals surface area (Å²) in [5.41, 5.74) is 0.710. The second-order valence-electron chi connectivity index (χ2n) is 11.9. The lowest BCUT2D eigenvalue weighted by atomic mass is 10.1. The Balaban J connectivity index is 2.18. The predicted molar refractivity (Wildman–Crippen MR) is 142 cm³/mol. The summed E-state index contributed by atoms with van der Waals surface area (Å²) in [6, 6.07) is 1.35. The maximum absolute atomic E-state index is 13.1. The Hall–Kier alpha value is -3.70. The highest BCUT2D eigenvalue weighted by atomic mass is 16.6. The van der Waals surface area contributed by atoms with E-state index < -0.39 is 23.0 Å². The third-order valence-corrected chi connectivity index (χ3v) is 6.38. The van der Waals surface area contributed by atoms with Crippen LogP contribution in [0.5, 0.6) is 5.75 Å². The Kier molecular flexibility index (Phi) is 8.56. The predicted octanol–water partition coefficient (Wildman–Crippen LogP) is 0.141. The molecule has 0 amide bonds. The molecule has 0 atom stereocenters. The zero-order valence-electron chi connectivity index (χ0n) is 24.1. The average Bonchev–Trinajstić information content (AvgIpc) is 2.83. The lowest BCUT2D eigenvalue weighted by molar-refractivity contribution is -0.870. The molecule has 0 aliphatic heterocycles. The van der Waals surface area contributed by atoms with E-state index in [9.17, 15) is 15.0 Å². The quantitative estimate of drug-likeness (QED) is 0.160. The van der Waals surface area contributed by atoms with Crippen molar-refractivity contribution in [2.75, 3.05) is 68.6 Å². The number of carbonyl (C=O) groups excluding carboxylic acids is 1. The number of aryl methyl sites for hydroxylation is 2. The standard InChI is InChI=1S/C28H39N5O6/c1-16-19(29)15-18(27(35)37-13-9-11-32(3,4)5)22-25(16)39-26-17(2)24(34)21(30)20(23(26)31-22)28(36)38-14-10-12-33(6,7)8/h15H,9-14H2,1-8H3,(H2-2,29,30,31,34,35,36). The smallest absolute Gasteiger partial charge is 0.340 e. The zero-order chi connectivity index (χ0) is 29.3. The molecule has 0 unspecified atom stereocenters. The number of fused-ring (bicyclic) bond motifs is 2. The Bertz CT molecular complexity index is 1580. The van der Waals surface area contributed by atoms with E-state index in [4.69, 9.17) is 24.7 Å². The second-order valence-corrected chi connectivity index (χ2v) is 11.9. The summed E-state index contributed by atoms with van der Waals surface area (Å²) in [5.74, 6) is -2.21. The maximum Gasteiger partial charge on any atom is 0.340 e. The van der Waals surface area contributed by atoms with Crippen molar-refractivity contribution in [3.8, 4) is 5.75 Å². The van der Waals surface area contributed by atoms with Crippen LogP contribution in [0.2, 0.25) is 0 Å². The van der Waals surface area contributed by atoms with Crippen LogP contribution in [0.4, 0.5) is 0 Å². The van der Waals surface area contributed by atoms with E-state index in [0.717, 1.165) is 17.6 Å². The summed E-state index contributed by atoms with van der Waals surface area (Å²) in [6.45, 7) is 4.98. The molecule has 3 aromatic rings. The Morgan fingerprint density at radius 3 is 2.03 bits per heavy atom. The van der Waals surface area contributed by atoms with E-state index in [1.807, 2.05) is 42.3 Å². The van der Waals surface area contributed by atoms with Crippen LogP contribution in [0.3, 0.4) is 0 Å². The monoisotopic (exact) mass is 541 g/mol. The van der Waals surface area contributed by atoms with Gasteiger partial charge in [-0.1, -0.05) is 5.75 Å². The van der Waals surface area contributed by atoms with Gasteiger partial charge in [-0.05, 0) is 32.1 Å². The Morgan fingerprint density at radius 1 is 0.923 bits per heavy atom. The number of rotatable bonds is 10. The summed E-state index contributed by atoms with van der Waals surface area (Å²) in [4.78, 5) is 17.6. The van der Waals surface area contributed by atoms with E-state index in [2.05, 4.69) is 4.98 Å². The summed E-state index contributed by atoms with van der Waals surface area (Å²) in [6.07, 6.45) is 1.23. The highest BCUT2D eigenvalue weighted by Crippen LogP contribution is 2.26. The van der Waals surface area contributed by atoms with Crippen LogP contribution in [0.1, 0.15) is 34.3 Å². The van der Waals surface area contributed by atoms with E-state index in [1.54, 1.807) is 6.92 Å². The summed E-state index contributed by atoms with van der Waals surface area (Å²) in [5, 5.41) is 41.9. The fourth-order valence-electron chi connectivity index (χ4n) is 4.15. The molecule has 212 valence electrons. The van der Waals surface area contributed by atoms with Gasteiger partial charge in [-0.3, -0.25) is 0 Å². The van der Waals surface area contributed by atoms with Gasteiger partial charge in [0.25, 0.3) is 0 Å². The second kappa shape index (κ2) is 11.2. The number of ether oxygens (including phenoxy) is 2. The molecule has 2 aromatic carbocycles. The molecule has 2 N–H and O–H groups in total. The van der Waals surface area contributed by atoms with E-state index in [-0.39, 0.29) is 57.1 Å². The van der Waals surface area contributed by atoms with Crippen LogP contribution in [0.15, 0.2) is 10.5 Å². The molecule has 3 rings (SSSR count). The van der Waals surface area contributed by atoms with Gasteiger partial charge in [-0.15, -0.1) is 0 Å². The van der Waals surface area contributed by atoms with Gasteiger partial charge in [0.05, 0.1) is 89.4 Å². The van der Waals surface area contributed by atoms with Crippen molar-refractivity contribution in [3.63, 3.8) is 0 Å². The van der Waals surface area contributed by atoms with Gasteiger partial charge in [0.1, 0.15) is 11.0 Å². The number of aromatic nitrogens is 1. The van der Waals surface area contributed by atoms with E-state index >= 15 is 0 Å². The van der Waals surface area contributed by atoms with E-state index in [1.165, 1.54) is 13.0 Å². The number of hydrogen-bond acceptors (Lipinski definition) is 9. The molecule has 0 aliphatic carbocycles. The normalized spacial score (nSPS) is 13.1. The molecule has 11 heteroatoms. The number of nitrogens with zero attached hydrogens (tertiary/aromatic N) is 3. The molecule has 0 saturated heterocycles. The molecule has 1 aromatic heterocycles. The van der Waals surface area contributed by atoms with Crippen LogP contribution in [0.25, 0.3) is 28.1 Å². The molecular formula is C28H39N5O6. The number of quaternary nitrogens is 2. The number of hydrogen-bond donors (Lipinski definition) is 2. The molecule has 0 aliphatic rings. The third kappa shape index (κ3) is 6.85. The molecule has 0 spiro atoms. The minimum Gasteiger partial charge on any atom is -0.871 e. The molecule has 39 heavy (non-hydrogen) atoms. The van der Waals surface area contributed by atoms with Crippen LogP contribution in [0, 0.1) is 24.7 Å². The molecule has 0 saturated carbocycles. The Labute approximate surface area is 227 Å². The topological polar surface area (TPSA) is 155 Å². The molecule has 0 radical (unpaired) electrons. The minimum atomic E-state index is -0.858. The van der Waals surface area contributed by atoms with Crippen LogP contribution in [-0.4, -0.2) is 88.5 Å². The highest BCUT2D eigenvalue weighted by Gasteiger charge is 2.20. The average molecular weight is 542 g/mol. The van der Waals surface area contributed by atoms with Crippen molar-refractivity contribution in [1.82, 2.24) is 4.98 Å². The van der Waals surface area contributed by atoms with Crippen molar-refractivity contribution in [2.45, 2.75) is 26.7 Å². The third-order valence-electron chi connectivity index (χ3n) is 6.38. The molecular weight excluding hydrogens is 502 g/mol. The molecule has 11 nitrogen and oxygen atoms in total. The maximum atomic E-state index is 13.1. The lowest BCUT2D eigenvalue weighted by Gasteiger charge is -2.25. The summed E-state index contributed by atoms with van der Waals surface area (Å²) >= 11 is 0. The fraction of sp³-hybridized carbons (Fsp3) is 0.500. The first-order valence-electron chi connectivity index (χ1n) is 12.8. The fourth-order valence-corrected chi connectivity index (χ4v) is 4.15. The van der Waals surface area contributed by atoms with Gasteiger partial charge in [0, 0.05) is 18.4 Å². The lowest BCUT2D eigenvalue weighted by Crippen LogP contribution is -2.37. The highest BCUT2D eigenvalue weighted by molar-refractivity contribution is 6.03.